The highest BCUT2D eigenvalue weighted by Crippen LogP contribution is 2.17. The molecule has 0 aromatic carbocycles. The second-order valence-corrected chi connectivity index (χ2v) is 5.57. The van der Waals surface area contributed by atoms with Gasteiger partial charge in [-0.2, -0.15) is 0 Å². The summed E-state index contributed by atoms with van der Waals surface area (Å²) in [6.45, 7) is 9.72. The molecule has 0 aliphatic carbocycles. The Labute approximate surface area is 105 Å². The van der Waals surface area contributed by atoms with Gasteiger partial charge in [-0.3, -0.25) is 0 Å². The van der Waals surface area contributed by atoms with Crippen LogP contribution in [0.3, 0.4) is 0 Å². The molecule has 1 aliphatic rings. The van der Waals surface area contributed by atoms with Crippen LogP contribution in [-0.4, -0.2) is 43.6 Å². The van der Waals surface area contributed by atoms with Crippen molar-refractivity contribution in [1.82, 2.24) is 4.90 Å². The molecule has 0 bridgehead atoms. The summed E-state index contributed by atoms with van der Waals surface area (Å²) in [5, 5.41) is 0. The Hall–Kier alpha value is 0.210. The van der Waals surface area contributed by atoms with Gasteiger partial charge in [0.15, 0.2) is 0 Å². The average Bonchev–Trinajstić information content (AvgIpc) is 2.28. The number of hydrogen-bond donors (Lipinski definition) is 0. The van der Waals surface area contributed by atoms with E-state index in [0.717, 1.165) is 38.1 Å². The summed E-state index contributed by atoms with van der Waals surface area (Å²) in [5.74, 6) is 2.26. The first-order valence-electron chi connectivity index (χ1n) is 6.58. The normalized spacial score (nSPS) is 22.9. The standard InChI is InChI=1S/C13H26ClNO/c1-12(2)5-8-16-9-7-15-6-3-4-13(10-14)11-15/h12-13H,3-11H2,1-2H3. The van der Waals surface area contributed by atoms with Gasteiger partial charge in [0.25, 0.3) is 0 Å². The predicted octanol–water partition coefficient (Wildman–Crippen LogP) is 3.00. The van der Waals surface area contributed by atoms with Crippen LogP contribution in [0.2, 0.25) is 0 Å². The van der Waals surface area contributed by atoms with Crippen LogP contribution < -0.4 is 0 Å². The van der Waals surface area contributed by atoms with Crippen molar-refractivity contribution in [2.45, 2.75) is 33.1 Å². The van der Waals surface area contributed by atoms with Crippen molar-refractivity contribution in [2.24, 2.45) is 11.8 Å². The Morgan fingerprint density at radius 2 is 2.19 bits per heavy atom. The molecule has 1 aliphatic heterocycles. The molecule has 3 heteroatoms. The van der Waals surface area contributed by atoms with Crippen LogP contribution in [0.4, 0.5) is 0 Å². The second kappa shape index (κ2) is 8.32. The topological polar surface area (TPSA) is 12.5 Å². The first-order chi connectivity index (χ1) is 7.72. The van der Waals surface area contributed by atoms with Crippen molar-refractivity contribution < 1.29 is 4.74 Å². The Morgan fingerprint density at radius 3 is 2.88 bits per heavy atom. The van der Waals surface area contributed by atoms with Gasteiger partial charge in [-0.15, -0.1) is 11.6 Å². The molecule has 0 aromatic heterocycles. The SMILES string of the molecule is CC(C)CCOCCN1CCCC(CCl)C1. The molecule has 96 valence electrons. The van der Waals surface area contributed by atoms with Crippen LogP contribution in [0.15, 0.2) is 0 Å². The minimum atomic E-state index is 0.700. The van der Waals surface area contributed by atoms with Crippen molar-refractivity contribution >= 4 is 11.6 Å². The molecule has 0 radical (unpaired) electrons. The maximum atomic E-state index is 5.91. The summed E-state index contributed by atoms with van der Waals surface area (Å²) >= 11 is 5.91. The molecule has 0 amide bonds. The molecule has 16 heavy (non-hydrogen) atoms. The van der Waals surface area contributed by atoms with Gasteiger partial charge in [0, 0.05) is 25.6 Å². The highest BCUT2D eigenvalue weighted by Gasteiger charge is 2.18. The number of ether oxygens (including phenoxy) is 1. The van der Waals surface area contributed by atoms with Crippen molar-refractivity contribution in [1.29, 1.82) is 0 Å². The van der Waals surface area contributed by atoms with E-state index in [1.54, 1.807) is 0 Å². The van der Waals surface area contributed by atoms with Gasteiger partial charge < -0.3 is 9.64 Å². The zero-order valence-electron chi connectivity index (χ0n) is 10.8. The van der Waals surface area contributed by atoms with E-state index < -0.39 is 0 Å². The minimum Gasteiger partial charge on any atom is -0.380 e. The molecule has 0 spiro atoms. The lowest BCUT2D eigenvalue weighted by Crippen LogP contribution is -2.38. The molecule has 1 saturated heterocycles. The molecular formula is C13H26ClNO. The number of hydrogen-bond acceptors (Lipinski definition) is 2. The lowest BCUT2D eigenvalue weighted by Gasteiger charge is -2.31. The van der Waals surface area contributed by atoms with Crippen LogP contribution in [0.25, 0.3) is 0 Å². The molecule has 1 atom stereocenters. The first kappa shape index (κ1) is 14.3. The third-order valence-electron chi connectivity index (χ3n) is 3.21. The molecule has 0 saturated carbocycles. The highest BCUT2D eigenvalue weighted by atomic mass is 35.5. The van der Waals surface area contributed by atoms with Gasteiger partial charge in [-0.05, 0) is 37.6 Å². The summed E-state index contributed by atoms with van der Waals surface area (Å²) in [4.78, 5) is 2.49. The Morgan fingerprint density at radius 1 is 1.38 bits per heavy atom. The lowest BCUT2D eigenvalue weighted by atomic mass is 10.0. The van der Waals surface area contributed by atoms with Gasteiger partial charge in [-0.25, -0.2) is 0 Å². The third kappa shape index (κ3) is 6.07. The summed E-state index contributed by atoms with van der Waals surface area (Å²) < 4.78 is 5.64. The van der Waals surface area contributed by atoms with Crippen LogP contribution in [0, 0.1) is 11.8 Å². The highest BCUT2D eigenvalue weighted by molar-refractivity contribution is 6.18. The van der Waals surface area contributed by atoms with Gasteiger partial charge in [0.2, 0.25) is 0 Å². The average molecular weight is 248 g/mol. The van der Waals surface area contributed by atoms with Crippen LogP contribution >= 0.6 is 11.6 Å². The van der Waals surface area contributed by atoms with E-state index in [1.165, 1.54) is 25.8 Å². The molecule has 2 nitrogen and oxygen atoms in total. The Balaban J connectivity index is 1.99. The predicted molar refractivity (Wildman–Crippen MR) is 70.2 cm³/mol. The van der Waals surface area contributed by atoms with E-state index in [9.17, 15) is 0 Å². The number of piperidine rings is 1. The van der Waals surface area contributed by atoms with Gasteiger partial charge in [0.05, 0.1) is 6.61 Å². The molecule has 0 aromatic rings. The van der Waals surface area contributed by atoms with Crippen LogP contribution in [0.1, 0.15) is 33.1 Å². The van der Waals surface area contributed by atoms with Gasteiger partial charge in [-0.1, -0.05) is 13.8 Å². The minimum absolute atomic E-state index is 0.700. The maximum absolute atomic E-state index is 5.91. The van der Waals surface area contributed by atoms with E-state index in [4.69, 9.17) is 16.3 Å². The summed E-state index contributed by atoms with van der Waals surface area (Å²) in [5.41, 5.74) is 0. The number of rotatable bonds is 7. The lowest BCUT2D eigenvalue weighted by molar-refractivity contribution is 0.0818. The summed E-state index contributed by atoms with van der Waals surface area (Å²) in [6, 6.07) is 0. The monoisotopic (exact) mass is 247 g/mol. The summed E-state index contributed by atoms with van der Waals surface area (Å²) in [6.07, 6.45) is 3.77. The van der Waals surface area contributed by atoms with Crippen molar-refractivity contribution in [3.8, 4) is 0 Å². The smallest absolute Gasteiger partial charge is 0.0593 e. The van der Waals surface area contributed by atoms with Crippen molar-refractivity contribution in [3.05, 3.63) is 0 Å². The fraction of sp³-hybridized carbons (Fsp3) is 1.00. The van der Waals surface area contributed by atoms with Gasteiger partial charge >= 0.3 is 0 Å². The van der Waals surface area contributed by atoms with Crippen molar-refractivity contribution in [2.75, 3.05) is 38.7 Å². The van der Waals surface area contributed by atoms with Crippen LogP contribution in [-0.2, 0) is 4.74 Å². The third-order valence-corrected chi connectivity index (χ3v) is 3.65. The molecule has 1 heterocycles. The van der Waals surface area contributed by atoms with E-state index >= 15 is 0 Å². The molecule has 1 unspecified atom stereocenters. The Bertz CT molecular complexity index is 175. The summed E-state index contributed by atoms with van der Waals surface area (Å²) in [7, 11) is 0. The fourth-order valence-corrected chi connectivity index (χ4v) is 2.35. The quantitative estimate of drug-likeness (QED) is 0.507. The molecule has 0 N–H and O–H groups in total. The van der Waals surface area contributed by atoms with E-state index in [1.807, 2.05) is 0 Å². The number of alkyl halides is 1. The largest absolute Gasteiger partial charge is 0.380 e. The maximum Gasteiger partial charge on any atom is 0.0593 e. The van der Waals surface area contributed by atoms with E-state index in [0.29, 0.717) is 5.92 Å². The molecule has 1 fully saturated rings. The second-order valence-electron chi connectivity index (χ2n) is 5.26. The fourth-order valence-electron chi connectivity index (χ4n) is 2.10. The molecular weight excluding hydrogens is 222 g/mol. The van der Waals surface area contributed by atoms with Crippen LogP contribution in [0.5, 0.6) is 0 Å². The first-order valence-corrected chi connectivity index (χ1v) is 7.12. The zero-order chi connectivity index (χ0) is 11.8. The van der Waals surface area contributed by atoms with Crippen molar-refractivity contribution in [3.63, 3.8) is 0 Å². The van der Waals surface area contributed by atoms with Gasteiger partial charge in [0.1, 0.15) is 0 Å². The number of nitrogens with zero attached hydrogens (tertiary/aromatic N) is 1. The van der Waals surface area contributed by atoms with E-state index in [-0.39, 0.29) is 0 Å². The molecule has 1 rings (SSSR count). The van der Waals surface area contributed by atoms with E-state index in [2.05, 4.69) is 18.7 Å². The Kier molecular flexibility index (Phi) is 7.42. The zero-order valence-corrected chi connectivity index (χ0v) is 11.5. The number of likely N-dealkylation sites (tertiary alicyclic amines) is 1. The number of halogens is 1.